The maximum absolute atomic E-state index is 12.2. The van der Waals surface area contributed by atoms with Crippen LogP contribution in [0.15, 0.2) is 0 Å². The van der Waals surface area contributed by atoms with E-state index in [2.05, 4.69) is 17.0 Å². The molecule has 1 aliphatic rings. The average molecular weight is 293 g/mol. The summed E-state index contributed by atoms with van der Waals surface area (Å²) in [5.74, 6) is 0. The zero-order valence-electron chi connectivity index (χ0n) is 12.0. The molecule has 1 fully saturated rings. The van der Waals surface area contributed by atoms with Gasteiger partial charge in [0.2, 0.25) is 0 Å². The third-order valence-electron chi connectivity index (χ3n) is 3.28. The highest BCUT2D eigenvalue weighted by molar-refractivity contribution is 7.87. The molecule has 0 amide bonds. The van der Waals surface area contributed by atoms with Crippen molar-refractivity contribution in [1.29, 1.82) is 0 Å². The summed E-state index contributed by atoms with van der Waals surface area (Å²) in [6.07, 6.45) is 4.03. The van der Waals surface area contributed by atoms with Crippen molar-refractivity contribution in [3.8, 4) is 0 Å². The van der Waals surface area contributed by atoms with Crippen molar-refractivity contribution in [1.82, 2.24) is 14.3 Å². The highest BCUT2D eigenvalue weighted by Crippen LogP contribution is 2.19. The van der Waals surface area contributed by atoms with Gasteiger partial charge in [-0.3, -0.25) is 0 Å². The van der Waals surface area contributed by atoms with Crippen molar-refractivity contribution in [2.45, 2.75) is 38.6 Å². The Labute approximate surface area is 117 Å². The van der Waals surface area contributed by atoms with E-state index in [1.54, 1.807) is 11.4 Å². The number of ether oxygens (including phenoxy) is 1. The maximum atomic E-state index is 12.2. The number of hydrogen-bond donors (Lipinski definition) is 2. The number of nitrogens with zero attached hydrogens (tertiary/aromatic N) is 1. The fourth-order valence-electron chi connectivity index (χ4n) is 2.30. The Morgan fingerprint density at radius 3 is 2.79 bits per heavy atom. The Morgan fingerprint density at radius 2 is 2.11 bits per heavy atom. The molecule has 1 aliphatic heterocycles. The van der Waals surface area contributed by atoms with Gasteiger partial charge in [-0.05, 0) is 25.8 Å². The lowest BCUT2D eigenvalue weighted by Gasteiger charge is -2.34. The maximum Gasteiger partial charge on any atom is 0.279 e. The van der Waals surface area contributed by atoms with Gasteiger partial charge in [-0.1, -0.05) is 13.3 Å². The first kappa shape index (κ1) is 16.8. The molecule has 0 aromatic heterocycles. The zero-order valence-corrected chi connectivity index (χ0v) is 12.8. The molecule has 1 atom stereocenters. The topological polar surface area (TPSA) is 70.7 Å². The number of rotatable bonds is 9. The summed E-state index contributed by atoms with van der Waals surface area (Å²) in [7, 11) is -1.82. The number of nitrogens with one attached hydrogen (secondary N) is 2. The van der Waals surface area contributed by atoms with Gasteiger partial charge in [0.25, 0.3) is 10.2 Å². The van der Waals surface area contributed by atoms with E-state index in [1.165, 1.54) is 0 Å². The molecular weight excluding hydrogens is 266 g/mol. The van der Waals surface area contributed by atoms with Crippen molar-refractivity contribution in [2.24, 2.45) is 0 Å². The van der Waals surface area contributed by atoms with Crippen molar-refractivity contribution in [3.63, 3.8) is 0 Å². The molecule has 1 heterocycles. The van der Waals surface area contributed by atoms with Gasteiger partial charge in [-0.15, -0.1) is 0 Å². The van der Waals surface area contributed by atoms with Gasteiger partial charge in [0, 0.05) is 32.8 Å². The zero-order chi connectivity index (χ0) is 14.1. The summed E-state index contributed by atoms with van der Waals surface area (Å²) >= 11 is 0. The molecule has 2 N–H and O–H groups in total. The summed E-state index contributed by atoms with van der Waals surface area (Å²) in [5, 5.41) is 3.32. The fourth-order valence-corrected chi connectivity index (χ4v) is 3.74. The first-order valence-corrected chi connectivity index (χ1v) is 8.52. The summed E-state index contributed by atoms with van der Waals surface area (Å²) in [5.41, 5.74) is 0. The minimum atomic E-state index is -3.38. The molecule has 0 aromatic rings. The van der Waals surface area contributed by atoms with Crippen LogP contribution in [-0.2, 0) is 14.9 Å². The molecule has 0 saturated carbocycles. The van der Waals surface area contributed by atoms with Crippen molar-refractivity contribution in [2.75, 3.05) is 39.9 Å². The first-order valence-electron chi connectivity index (χ1n) is 7.08. The second-order valence-corrected chi connectivity index (χ2v) is 6.56. The minimum absolute atomic E-state index is 0.0698. The molecular formula is C12H27N3O3S. The molecule has 0 aliphatic carbocycles. The smallest absolute Gasteiger partial charge is 0.279 e. The molecule has 1 saturated heterocycles. The number of methoxy groups -OCH3 is 1. The predicted octanol–water partition coefficient (Wildman–Crippen LogP) is 0.321. The van der Waals surface area contributed by atoms with Crippen molar-refractivity contribution < 1.29 is 13.2 Å². The van der Waals surface area contributed by atoms with Crippen molar-refractivity contribution in [3.05, 3.63) is 0 Å². The van der Waals surface area contributed by atoms with Crippen molar-refractivity contribution >= 4 is 10.2 Å². The van der Waals surface area contributed by atoms with Crippen LogP contribution in [0.4, 0.5) is 0 Å². The molecule has 19 heavy (non-hydrogen) atoms. The minimum Gasteiger partial charge on any atom is -0.383 e. The largest absolute Gasteiger partial charge is 0.383 e. The van der Waals surface area contributed by atoms with Gasteiger partial charge in [0.1, 0.15) is 0 Å². The van der Waals surface area contributed by atoms with E-state index < -0.39 is 10.2 Å². The van der Waals surface area contributed by atoms with E-state index in [0.717, 1.165) is 38.8 Å². The Hall–Kier alpha value is -0.210. The number of piperidine rings is 1. The molecule has 1 unspecified atom stereocenters. The lowest BCUT2D eigenvalue weighted by molar-refractivity contribution is 0.201. The van der Waals surface area contributed by atoms with E-state index in [1.807, 2.05) is 0 Å². The van der Waals surface area contributed by atoms with Gasteiger partial charge in [-0.25, -0.2) is 0 Å². The van der Waals surface area contributed by atoms with Crippen LogP contribution in [0.5, 0.6) is 0 Å². The first-order chi connectivity index (χ1) is 9.11. The molecule has 1 rings (SSSR count). The summed E-state index contributed by atoms with van der Waals surface area (Å²) in [4.78, 5) is 0. The monoisotopic (exact) mass is 293 g/mol. The van der Waals surface area contributed by atoms with Gasteiger partial charge in [0.05, 0.1) is 6.61 Å². The fraction of sp³-hybridized carbons (Fsp3) is 1.00. The van der Waals surface area contributed by atoms with Crippen LogP contribution in [0.2, 0.25) is 0 Å². The van der Waals surface area contributed by atoms with Gasteiger partial charge < -0.3 is 10.1 Å². The van der Waals surface area contributed by atoms with Crippen LogP contribution in [0.25, 0.3) is 0 Å². The highest BCUT2D eigenvalue weighted by atomic mass is 32.2. The van der Waals surface area contributed by atoms with Crippen LogP contribution >= 0.6 is 0 Å². The molecule has 0 radical (unpaired) electrons. The third kappa shape index (κ3) is 5.74. The molecule has 6 nitrogen and oxygen atoms in total. The van der Waals surface area contributed by atoms with E-state index in [-0.39, 0.29) is 6.04 Å². The standard InChI is InChI=1S/C12H27N3O3S/c1-3-7-13-11-12-6-4-5-9-15(12)19(16,17)14-8-10-18-2/h12-14H,3-11H2,1-2H3. The second kappa shape index (κ2) is 8.86. The van der Waals surface area contributed by atoms with E-state index in [0.29, 0.717) is 19.7 Å². The molecule has 0 bridgehead atoms. The summed E-state index contributed by atoms with van der Waals surface area (Å²) in [6.45, 7) is 5.10. The molecule has 114 valence electrons. The van der Waals surface area contributed by atoms with E-state index in [4.69, 9.17) is 4.74 Å². The average Bonchev–Trinajstić information content (AvgIpc) is 2.40. The quantitative estimate of drug-likeness (QED) is 0.601. The summed E-state index contributed by atoms with van der Waals surface area (Å²) < 4.78 is 33.5. The van der Waals surface area contributed by atoms with Gasteiger partial charge in [0.15, 0.2) is 0 Å². The molecule has 0 spiro atoms. The Kier molecular flexibility index (Phi) is 7.86. The van der Waals surface area contributed by atoms with E-state index in [9.17, 15) is 8.42 Å². The Morgan fingerprint density at radius 1 is 1.32 bits per heavy atom. The number of hydrogen-bond acceptors (Lipinski definition) is 4. The van der Waals surface area contributed by atoms with E-state index >= 15 is 0 Å². The lowest BCUT2D eigenvalue weighted by Crippen LogP contribution is -2.52. The van der Waals surface area contributed by atoms with Gasteiger partial charge >= 0.3 is 0 Å². The third-order valence-corrected chi connectivity index (χ3v) is 4.95. The van der Waals surface area contributed by atoms with Gasteiger partial charge in [-0.2, -0.15) is 17.4 Å². The van der Waals surface area contributed by atoms with Crippen LogP contribution in [-0.4, -0.2) is 58.7 Å². The normalized spacial score (nSPS) is 21.7. The Bertz CT molecular complexity index is 335. The summed E-state index contributed by atoms with van der Waals surface area (Å²) in [6, 6.07) is 0.0698. The Balaban J connectivity index is 2.54. The highest BCUT2D eigenvalue weighted by Gasteiger charge is 2.31. The SMILES string of the molecule is CCCNCC1CCCCN1S(=O)(=O)NCCOC. The van der Waals surface area contributed by atoms with Crippen LogP contribution in [0, 0.1) is 0 Å². The predicted molar refractivity (Wildman–Crippen MR) is 76.3 cm³/mol. The molecule has 0 aromatic carbocycles. The van der Waals surface area contributed by atoms with Crippen LogP contribution < -0.4 is 10.0 Å². The molecule has 7 heteroatoms. The second-order valence-electron chi connectivity index (χ2n) is 4.86. The van der Waals surface area contributed by atoms with Crippen LogP contribution in [0.1, 0.15) is 32.6 Å². The lowest BCUT2D eigenvalue weighted by atomic mass is 10.1. The van der Waals surface area contributed by atoms with Crippen LogP contribution in [0.3, 0.4) is 0 Å².